The molecule has 0 radical (unpaired) electrons. The first-order valence-corrected chi connectivity index (χ1v) is 3.35. The lowest BCUT2D eigenvalue weighted by Gasteiger charge is -2.01. The molecule has 0 saturated heterocycles. The Kier molecular flexibility index (Phi) is 3.74. The number of rotatable bonds is 1. The largest absolute Gasteiger partial charge is 0.412 e. The van der Waals surface area contributed by atoms with Crippen LogP contribution in [0.1, 0.15) is 25.3 Å². The molecule has 0 heterocycles. The van der Waals surface area contributed by atoms with Crippen molar-refractivity contribution in [1.29, 1.82) is 0 Å². The van der Waals surface area contributed by atoms with Crippen LogP contribution in [0.5, 0.6) is 0 Å². The average Bonchev–Trinajstić information content (AvgIpc) is 1.90. The summed E-state index contributed by atoms with van der Waals surface area (Å²) < 4.78 is 0. The fourth-order valence-electron chi connectivity index (χ4n) is 0.838. The molecular formula is C9H14O. The molecule has 1 aromatic carbocycles. The molecule has 56 valence electrons. The first-order valence-electron chi connectivity index (χ1n) is 3.35. The van der Waals surface area contributed by atoms with Gasteiger partial charge in [-0.15, -0.1) is 0 Å². The van der Waals surface area contributed by atoms with Crippen molar-refractivity contribution in [3.05, 3.63) is 35.9 Å². The minimum Gasteiger partial charge on any atom is -0.412 e. The van der Waals surface area contributed by atoms with Crippen LogP contribution in [0.3, 0.4) is 0 Å². The van der Waals surface area contributed by atoms with Gasteiger partial charge in [-0.05, 0) is 11.5 Å². The van der Waals surface area contributed by atoms with Crippen LogP contribution in [0.2, 0.25) is 0 Å². The van der Waals surface area contributed by atoms with Crippen molar-refractivity contribution in [1.82, 2.24) is 0 Å². The van der Waals surface area contributed by atoms with Gasteiger partial charge in [-0.1, -0.05) is 44.2 Å². The van der Waals surface area contributed by atoms with E-state index in [1.165, 1.54) is 5.56 Å². The number of benzene rings is 1. The number of hydrogen-bond acceptors (Lipinski definition) is 0. The van der Waals surface area contributed by atoms with Gasteiger partial charge >= 0.3 is 0 Å². The zero-order chi connectivity index (χ0) is 6.69. The quantitative estimate of drug-likeness (QED) is 0.568. The Bertz CT molecular complexity index is 167. The van der Waals surface area contributed by atoms with Gasteiger partial charge in [-0.2, -0.15) is 0 Å². The fourth-order valence-corrected chi connectivity index (χ4v) is 0.838. The molecule has 1 aromatic rings. The summed E-state index contributed by atoms with van der Waals surface area (Å²) in [5.41, 5.74) is 1.41. The summed E-state index contributed by atoms with van der Waals surface area (Å²) in [7, 11) is 0. The summed E-state index contributed by atoms with van der Waals surface area (Å²) in [5, 5.41) is 0. The molecule has 10 heavy (non-hydrogen) atoms. The van der Waals surface area contributed by atoms with E-state index < -0.39 is 0 Å². The zero-order valence-corrected chi connectivity index (χ0v) is 6.46. The van der Waals surface area contributed by atoms with Crippen molar-refractivity contribution in [2.24, 2.45) is 0 Å². The SMILES string of the molecule is CC(C)c1ccccc1.O. The monoisotopic (exact) mass is 138 g/mol. The molecule has 0 fully saturated rings. The van der Waals surface area contributed by atoms with Gasteiger partial charge in [0, 0.05) is 0 Å². The van der Waals surface area contributed by atoms with Gasteiger partial charge in [0.2, 0.25) is 0 Å². The van der Waals surface area contributed by atoms with Crippen LogP contribution >= 0.6 is 0 Å². The Balaban J connectivity index is 0.000000810. The Labute approximate surface area is 62.0 Å². The van der Waals surface area contributed by atoms with Crippen LogP contribution in [-0.2, 0) is 0 Å². The predicted octanol–water partition coefficient (Wildman–Crippen LogP) is 1.99. The van der Waals surface area contributed by atoms with Crippen molar-refractivity contribution in [3.8, 4) is 0 Å². The van der Waals surface area contributed by atoms with Gasteiger partial charge < -0.3 is 5.48 Å². The summed E-state index contributed by atoms with van der Waals surface area (Å²) in [6.07, 6.45) is 0. The Hall–Kier alpha value is -0.820. The van der Waals surface area contributed by atoms with Crippen molar-refractivity contribution in [2.75, 3.05) is 0 Å². The first-order chi connectivity index (χ1) is 4.30. The van der Waals surface area contributed by atoms with Crippen molar-refractivity contribution >= 4 is 0 Å². The van der Waals surface area contributed by atoms with E-state index in [1.54, 1.807) is 0 Å². The second-order valence-electron chi connectivity index (χ2n) is 2.57. The Morgan fingerprint density at radius 1 is 1.00 bits per heavy atom. The predicted molar refractivity (Wildman–Crippen MR) is 44.1 cm³/mol. The highest BCUT2D eigenvalue weighted by molar-refractivity contribution is 5.17. The van der Waals surface area contributed by atoms with Crippen LogP contribution in [0.4, 0.5) is 0 Å². The lowest BCUT2D eigenvalue weighted by Crippen LogP contribution is -1.83. The van der Waals surface area contributed by atoms with Crippen molar-refractivity contribution < 1.29 is 5.48 Å². The highest BCUT2D eigenvalue weighted by atomic mass is 16.0. The van der Waals surface area contributed by atoms with E-state index in [1.807, 2.05) is 6.07 Å². The Morgan fingerprint density at radius 2 is 1.50 bits per heavy atom. The maximum atomic E-state index is 2.20. The zero-order valence-electron chi connectivity index (χ0n) is 6.46. The van der Waals surface area contributed by atoms with E-state index in [0.29, 0.717) is 5.92 Å². The molecule has 0 spiro atoms. The smallest absolute Gasteiger partial charge is 0.0219 e. The minimum absolute atomic E-state index is 0. The maximum absolute atomic E-state index is 2.20. The molecule has 0 unspecified atom stereocenters. The fraction of sp³-hybridized carbons (Fsp3) is 0.333. The molecule has 0 aliphatic heterocycles. The van der Waals surface area contributed by atoms with Crippen LogP contribution < -0.4 is 0 Å². The molecule has 0 amide bonds. The van der Waals surface area contributed by atoms with Crippen molar-refractivity contribution in [2.45, 2.75) is 19.8 Å². The third-order valence-electron chi connectivity index (χ3n) is 1.47. The molecule has 0 bridgehead atoms. The van der Waals surface area contributed by atoms with Crippen LogP contribution in [0.15, 0.2) is 30.3 Å². The second kappa shape index (κ2) is 4.07. The van der Waals surface area contributed by atoms with E-state index >= 15 is 0 Å². The Morgan fingerprint density at radius 3 is 1.80 bits per heavy atom. The summed E-state index contributed by atoms with van der Waals surface area (Å²) in [6.45, 7) is 4.41. The summed E-state index contributed by atoms with van der Waals surface area (Å²) >= 11 is 0. The van der Waals surface area contributed by atoms with E-state index in [4.69, 9.17) is 0 Å². The van der Waals surface area contributed by atoms with E-state index in [2.05, 4.69) is 38.1 Å². The highest BCUT2D eigenvalue weighted by Crippen LogP contribution is 2.11. The lowest BCUT2D eigenvalue weighted by molar-refractivity contribution is 0.824. The number of hydrogen-bond donors (Lipinski definition) is 0. The molecule has 0 saturated carbocycles. The summed E-state index contributed by atoms with van der Waals surface area (Å²) in [4.78, 5) is 0. The molecule has 1 rings (SSSR count). The van der Waals surface area contributed by atoms with Gasteiger partial charge in [0.05, 0.1) is 0 Å². The van der Waals surface area contributed by atoms with Crippen LogP contribution in [-0.4, -0.2) is 5.48 Å². The van der Waals surface area contributed by atoms with Gasteiger partial charge in [0.1, 0.15) is 0 Å². The second-order valence-corrected chi connectivity index (χ2v) is 2.57. The first kappa shape index (κ1) is 9.18. The molecule has 1 nitrogen and oxygen atoms in total. The molecule has 1 heteroatoms. The van der Waals surface area contributed by atoms with E-state index in [0.717, 1.165) is 0 Å². The average molecular weight is 138 g/mol. The molecule has 2 N–H and O–H groups in total. The molecule has 0 atom stereocenters. The molecular weight excluding hydrogens is 124 g/mol. The van der Waals surface area contributed by atoms with Gasteiger partial charge in [-0.3, -0.25) is 0 Å². The van der Waals surface area contributed by atoms with Crippen molar-refractivity contribution in [3.63, 3.8) is 0 Å². The van der Waals surface area contributed by atoms with Crippen LogP contribution in [0, 0.1) is 0 Å². The maximum Gasteiger partial charge on any atom is -0.0219 e. The topological polar surface area (TPSA) is 31.5 Å². The van der Waals surface area contributed by atoms with E-state index in [9.17, 15) is 0 Å². The normalized spacial score (nSPS) is 9.10. The lowest BCUT2D eigenvalue weighted by atomic mass is 10.0. The van der Waals surface area contributed by atoms with E-state index in [-0.39, 0.29) is 5.48 Å². The van der Waals surface area contributed by atoms with Crippen LogP contribution in [0.25, 0.3) is 0 Å². The summed E-state index contributed by atoms with van der Waals surface area (Å²) in [6, 6.07) is 10.5. The van der Waals surface area contributed by atoms with Gasteiger partial charge in [-0.25, -0.2) is 0 Å². The third-order valence-corrected chi connectivity index (χ3v) is 1.47. The molecule has 0 aromatic heterocycles. The molecule has 0 aliphatic rings. The van der Waals surface area contributed by atoms with Gasteiger partial charge in [0.25, 0.3) is 0 Å². The summed E-state index contributed by atoms with van der Waals surface area (Å²) in [5.74, 6) is 0.659. The standard InChI is InChI=1S/C9H12.H2O/c1-8(2)9-6-4-3-5-7-9;/h3-8H,1-2H3;1H2. The highest BCUT2D eigenvalue weighted by Gasteiger charge is 1.93. The van der Waals surface area contributed by atoms with Gasteiger partial charge in [0.15, 0.2) is 0 Å². The third kappa shape index (κ3) is 2.19. The molecule has 0 aliphatic carbocycles. The minimum atomic E-state index is 0.